The molecule has 0 aliphatic carbocycles. The smallest absolute Gasteiger partial charge is 0.411 e. The third-order valence-electron chi connectivity index (χ3n) is 3.25. The largest absolute Gasteiger partial charge is 0.462 e. The first-order chi connectivity index (χ1) is 10.9. The van der Waals surface area contributed by atoms with E-state index in [1.807, 2.05) is 6.92 Å². The van der Waals surface area contributed by atoms with Crippen LogP contribution in [0.4, 0.5) is 16.2 Å². The van der Waals surface area contributed by atoms with E-state index < -0.39 is 17.0 Å². The molecule has 0 saturated carbocycles. The van der Waals surface area contributed by atoms with Crippen LogP contribution in [-0.4, -0.2) is 30.7 Å². The summed E-state index contributed by atoms with van der Waals surface area (Å²) in [6, 6.07) is 1.35. The Hall–Kier alpha value is -2.64. The highest BCUT2D eigenvalue weighted by atomic mass is 16.6. The van der Waals surface area contributed by atoms with E-state index in [2.05, 4.69) is 10.1 Å². The molecular formula is C15H20N2O6. The Morgan fingerprint density at radius 1 is 1.35 bits per heavy atom. The van der Waals surface area contributed by atoms with Crippen molar-refractivity contribution >= 4 is 23.4 Å². The maximum absolute atomic E-state index is 12.3. The fraction of sp³-hybridized carbons (Fsp3) is 0.467. The SMILES string of the molecule is CCCc1cc([N+](=O)[O-])c(C)c(NC(=O)OC)c1C(=O)OCC. The normalized spacial score (nSPS) is 10.1. The van der Waals surface area contributed by atoms with Gasteiger partial charge in [-0.3, -0.25) is 15.4 Å². The molecule has 126 valence electrons. The van der Waals surface area contributed by atoms with Gasteiger partial charge in [-0.25, -0.2) is 9.59 Å². The number of methoxy groups -OCH3 is 1. The fourth-order valence-electron chi connectivity index (χ4n) is 2.22. The monoisotopic (exact) mass is 324 g/mol. The van der Waals surface area contributed by atoms with Gasteiger partial charge in [0.2, 0.25) is 0 Å². The number of esters is 1. The van der Waals surface area contributed by atoms with Crippen molar-refractivity contribution in [1.82, 2.24) is 0 Å². The Morgan fingerprint density at radius 3 is 2.48 bits per heavy atom. The molecule has 0 radical (unpaired) electrons. The van der Waals surface area contributed by atoms with Gasteiger partial charge in [-0.1, -0.05) is 13.3 Å². The molecule has 0 aliphatic heterocycles. The number of benzene rings is 1. The average molecular weight is 324 g/mol. The number of amides is 1. The number of nitrogens with zero attached hydrogens (tertiary/aromatic N) is 1. The van der Waals surface area contributed by atoms with Crippen molar-refractivity contribution in [2.45, 2.75) is 33.6 Å². The fourth-order valence-corrected chi connectivity index (χ4v) is 2.22. The number of anilines is 1. The van der Waals surface area contributed by atoms with Crippen LogP contribution in [0.1, 0.15) is 41.8 Å². The number of hydrogen-bond acceptors (Lipinski definition) is 6. The number of hydrogen-bond donors (Lipinski definition) is 1. The molecule has 1 amide bonds. The standard InChI is InChI=1S/C15H20N2O6/c1-5-7-10-8-11(17(20)21)9(3)13(16-15(19)22-4)12(10)14(18)23-6-2/h8H,5-7H2,1-4H3,(H,16,19). The lowest BCUT2D eigenvalue weighted by atomic mass is 9.96. The number of carbonyl (C=O) groups is 2. The molecule has 23 heavy (non-hydrogen) atoms. The molecule has 0 aromatic heterocycles. The zero-order chi connectivity index (χ0) is 17.6. The highest BCUT2D eigenvalue weighted by Crippen LogP contribution is 2.34. The molecule has 1 rings (SSSR count). The Morgan fingerprint density at radius 2 is 2.00 bits per heavy atom. The van der Waals surface area contributed by atoms with Crippen LogP contribution in [0.5, 0.6) is 0 Å². The molecule has 1 aromatic rings. The lowest BCUT2D eigenvalue weighted by Gasteiger charge is -2.16. The Kier molecular flexibility index (Phi) is 6.49. The van der Waals surface area contributed by atoms with Crippen molar-refractivity contribution in [1.29, 1.82) is 0 Å². The summed E-state index contributed by atoms with van der Waals surface area (Å²) in [5.74, 6) is -0.639. The molecule has 8 nitrogen and oxygen atoms in total. The second kappa shape index (κ2) is 8.11. The summed E-state index contributed by atoms with van der Waals surface area (Å²) >= 11 is 0. The van der Waals surface area contributed by atoms with E-state index in [1.54, 1.807) is 6.92 Å². The quantitative estimate of drug-likeness (QED) is 0.489. The molecule has 0 fully saturated rings. The van der Waals surface area contributed by atoms with Gasteiger partial charge < -0.3 is 9.47 Å². The Labute approximate surface area is 133 Å². The third kappa shape index (κ3) is 4.18. The van der Waals surface area contributed by atoms with Gasteiger partial charge in [0, 0.05) is 6.07 Å². The number of rotatable bonds is 6. The van der Waals surface area contributed by atoms with E-state index in [0.717, 1.165) is 0 Å². The van der Waals surface area contributed by atoms with Gasteiger partial charge in [-0.15, -0.1) is 0 Å². The maximum Gasteiger partial charge on any atom is 0.411 e. The highest BCUT2D eigenvalue weighted by molar-refractivity contribution is 6.03. The zero-order valence-electron chi connectivity index (χ0n) is 13.6. The van der Waals surface area contributed by atoms with E-state index in [1.165, 1.54) is 20.1 Å². The lowest BCUT2D eigenvalue weighted by Crippen LogP contribution is -2.19. The first-order valence-electron chi connectivity index (χ1n) is 7.20. The molecule has 0 heterocycles. The summed E-state index contributed by atoms with van der Waals surface area (Å²) in [4.78, 5) is 34.5. The van der Waals surface area contributed by atoms with E-state index in [0.29, 0.717) is 18.4 Å². The van der Waals surface area contributed by atoms with Crippen LogP contribution in [0.15, 0.2) is 6.07 Å². The Bertz CT molecular complexity index is 627. The van der Waals surface area contributed by atoms with E-state index in [4.69, 9.17) is 4.74 Å². The summed E-state index contributed by atoms with van der Waals surface area (Å²) in [5.41, 5.74) is 0.626. The van der Waals surface area contributed by atoms with Crippen LogP contribution in [0, 0.1) is 17.0 Å². The second-order valence-corrected chi connectivity index (χ2v) is 4.77. The lowest BCUT2D eigenvalue weighted by molar-refractivity contribution is -0.385. The van der Waals surface area contributed by atoms with Crippen molar-refractivity contribution in [3.63, 3.8) is 0 Å². The number of nitro benzene ring substituents is 1. The predicted octanol–water partition coefficient (Wildman–Crippen LogP) is 3.21. The maximum atomic E-state index is 12.3. The van der Waals surface area contributed by atoms with Gasteiger partial charge in [0.1, 0.15) is 0 Å². The van der Waals surface area contributed by atoms with Crippen molar-refractivity contribution in [3.8, 4) is 0 Å². The van der Waals surface area contributed by atoms with Gasteiger partial charge in [0.05, 0.1) is 35.5 Å². The van der Waals surface area contributed by atoms with Crippen LogP contribution < -0.4 is 5.32 Å². The van der Waals surface area contributed by atoms with Crippen LogP contribution in [-0.2, 0) is 15.9 Å². The minimum Gasteiger partial charge on any atom is -0.462 e. The first-order valence-corrected chi connectivity index (χ1v) is 7.20. The Balaban J connectivity index is 3.64. The zero-order valence-corrected chi connectivity index (χ0v) is 13.6. The first kappa shape index (κ1) is 18.4. The van der Waals surface area contributed by atoms with Crippen molar-refractivity contribution < 1.29 is 24.0 Å². The second-order valence-electron chi connectivity index (χ2n) is 4.77. The molecule has 0 saturated heterocycles. The summed E-state index contributed by atoms with van der Waals surface area (Å²) in [7, 11) is 1.17. The average Bonchev–Trinajstić information content (AvgIpc) is 2.50. The van der Waals surface area contributed by atoms with Crippen molar-refractivity contribution in [3.05, 3.63) is 32.9 Å². The molecule has 0 atom stereocenters. The number of aryl methyl sites for hydroxylation is 1. The molecule has 1 N–H and O–H groups in total. The minimum atomic E-state index is -0.818. The van der Waals surface area contributed by atoms with Crippen LogP contribution in [0.3, 0.4) is 0 Å². The third-order valence-corrected chi connectivity index (χ3v) is 3.25. The molecule has 1 aromatic carbocycles. The van der Waals surface area contributed by atoms with Crippen molar-refractivity contribution in [2.75, 3.05) is 19.0 Å². The molecule has 0 bridgehead atoms. The van der Waals surface area contributed by atoms with Crippen LogP contribution in [0.2, 0.25) is 0 Å². The molecule has 0 spiro atoms. The molecular weight excluding hydrogens is 304 g/mol. The number of carbonyl (C=O) groups excluding carboxylic acids is 2. The van der Waals surface area contributed by atoms with E-state index in [9.17, 15) is 19.7 Å². The van der Waals surface area contributed by atoms with Gasteiger partial charge in [0.25, 0.3) is 5.69 Å². The summed E-state index contributed by atoms with van der Waals surface area (Å²) in [5, 5.41) is 13.6. The van der Waals surface area contributed by atoms with E-state index in [-0.39, 0.29) is 29.1 Å². The number of nitro groups is 1. The van der Waals surface area contributed by atoms with Crippen LogP contribution >= 0.6 is 0 Å². The molecule has 0 unspecified atom stereocenters. The van der Waals surface area contributed by atoms with Crippen LogP contribution in [0.25, 0.3) is 0 Å². The molecule has 8 heteroatoms. The predicted molar refractivity (Wildman–Crippen MR) is 83.8 cm³/mol. The number of nitrogens with one attached hydrogen (secondary N) is 1. The number of ether oxygens (including phenoxy) is 2. The summed E-state index contributed by atoms with van der Waals surface area (Å²) in [6.45, 7) is 5.15. The van der Waals surface area contributed by atoms with Gasteiger partial charge in [-0.2, -0.15) is 0 Å². The van der Waals surface area contributed by atoms with Gasteiger partial charge in [0.15, 0.2) is 0 Å². The summed E-state index contributed by atoms with van der Waals surface area (Å²) in [6.07, 6.45) is 0.289. The van der Waals surface area contributed by atoms with Crippen molar-refractivity contribution in [2.24, 2.45) is 0 Å². The van der Waals surface area contributed by atoms with Gasteiger partial charge in [-0.05, 0) is 25.8 Å². The topological polar surface area (TPSA) is 108 Å². The minimum absolute atomic E-state index is 0.0490. The highest BCUT2D eigenvalue weighted by Gasteiger charge is 2.27. The van der Waals surface area contributed by atoms with E-state index >= 15 is 0 Å². The summed E-state index contributed by atoms with van der Waals surface area (Å²) < 4.78 is 9.56. The van der Waals surface area contributed by atoms with Gasteiger partial charge >= 0.3 is 12.1 Å². The molecule has 0 aliphatic rings.